The Bertz CT molecular complexity index is 679. The third-order valence-corrected chi connectivity index (χ3v) is 5.67. The van der Waals surface area contributed by atoms with Gasteiger partial charge in [0.2, 0.25) is 0 Å². The molecule has 1 aromatic carbocycles. The second-order valence-corrected chi connectivity index (χ2v) is 7.61. The summed E-state index contributed by atoms with van der Waals surface area (Å²) in [5.74, 6) is 0. The lowest BCUT2D eigenvalue weighted by molar-refractivity contribution is 0.457. The van der Waals surface area contributed by atoms with Crippen LogP contribution in [0.5, 0.6) is 0 Å². The molecule has 1 aliphatic carbocycles. The molecule has 1 heterocycles. The first-order chi connectivity index (χ1) is 8.26. The van der Waals surface area contributed by atoms with Crippen molar-refractivity contribution in [2.24, 2.45) is 10.8 Å². The highest BCUT2D eigenvalue weighted by Crippen LogP contribution is 2.71. The number of halogens is 1. The highest BCUT2D eigenvalue weighted by molar-refractivity contribution is 9.10. The van der Waals surface area contributed by atoms with Gasteiger partial charge >= 0.3 is 0 Å². The fraction of sp³-hybridized carbons (Fsp3) is 0.500. The minimum Gasteiger partial charge on any atom is -0.331 e. The number of hydrogen-bond donors (Lipinski definition) is 1. The Morgan fingerprint density at radius 2 is 1.83 bits per heavy atom. The zero-order valence-corrected chi connectivity index (χ0v) is 13.4. The molecule has 1 fully saturated rings. The maximum absolute atomic E-state index is 5.51. The standard InChI is InChI=1S/C14H17BrN2S/c1-13(2)11(14(13,3)4)17-10-7-8(15)5-6-9(10)16-12(17)18/h5-7,11H,1-4H3,(H,16,18). The molecule has 0 atom stereocenters. The van der Waals surface area contributed by atoms with Crippen LogP contribution >= 0.6 is 28.1 Å². The first-order valence-corrected chi connectivity index (χ1v) is 7.37. The fourth-order valence-electron chi connectivity index (χ4n) is 3.16. The van der Waals surface area contributed by atoms with E-state index in [1.54, 1.807) is 0 Å². The van der Waals surface area contributed by atoms with E-state index < -0.39 is 0 Å². The number of aromatic nitrogens is 2. The molecule has 0 aliphatic heterocycles. The minimum absolute atomic E-state index is 0.280. The lowest BCUT2D eigenvalue weighted by atomic mass is 10.0. The molecule has 96 valence electrons. The van der Waals surface area contributed by atoms with Crippen molar-refractivity contribution >= 4 is 39.2 Å². The van der Waals surface area contributed by atoms with E-state index in [2.05, 4.69) is 65.3 Å². The predicted molar refractivity (Wildman–Crippen MR) is 81.4 cm³/mol. The van der Waals surface area contributed by atoms with E-state index in [0.29, 0.717) is 6.04 Å². The van der Waals surface area contributed by atoms with Crippen molar-refractivity contribution in [2.75, 3.05) is 0 Å². The molecular formula is C14H17BrN2S. The summed E-state index contributed by atoms with van der Waals surface area (Å²) in [6.45, 7) is 9.26. The second-order valence-electron chi connectivity index (χ2n) is 6.31. The molecule has 0 spiro atoms. The summed E-state index contributed by atoms with van der Waals surface area (Å²) in [6.07, 6.45) is 0. The molecule has 2 aromatic rings. The molecule has 0 unspecified atom stereocenters. The molecular weight excluding hydrogens is 308 g/mol. The van der Waals surface area contributed by atoms with Crippen molar-refractivity contribution in [1.29, 1.82) is 0 Å². The number of nitrogens with one attached hydrogen (secondary N) is 1. The molecule has 1 saturated carbocycles. The summed E-state index contributed by atoms with van der Waals surface area (Å²) in [5, 5.41) is 0. The highest BCUT2D eigenvalue weighted by Gasteiger charge is 2.66. The zero-order chi connectivity index (χ0) is 13.3. The van der Waals surface area contributed by atoms with Crippen molar-refractivity contribution < 1.29 is 0 Å². The van der Waals surface area contributed by atoms with Gasteiger partial charge in [0.1, 0.15) is 0 Å². The first kappa shape index (κ1) is 12.4. The Hall–Kier alpha value is -0.610. The molecule has 18 heavy (non-hydrogen) atoms. The van der Waals surface area contributed by atoms with Crippen LogP contribution in [0.25, 0.3) is 11.0 Å². The van der Waals surface area contributed by atoms with Crippen LogP contribution in [0, 0.1) is 15.6 Å². The van der Waals surface area contributed by atoms with Crippen LogP contribution in [-0.4, -0.2) is 9.55 Å². The molecule has 0 saturated heterocycles. The van der Waals surface area contributed by atoms with E-state index in [1.165, 1.54) is 5.52 Å². The van der Waals surface area contributed by atoms with Gasteiger partial charge in [0, 0.05) is 10.5 Å². The number of imidazole rings is 1. The van der Waals surface area contributed by atoms with Crippen LogP contribution in [0.4, 0.5) is 0 Å². The van der Waals surface area contributed by atoms with Crippen LogP contribution in [-0.2, 0) is 0 Å². The number of hydrogen-bond acceptors (Lipinski definition) is 1. The van der Waals surface area contributed by atoms with Gasteiger partial charge in [-0.25, -0.2) is 0 Å². The maximum Gasteiger partial charge on any atom is 0.178 e. The van der Waals surface area contributed by atoms with Gasteiger partial charge in [-0.15, -0.1) is 0 Å². The molecule has 2 nitrogen and oxygen atoms in total. The van der Waals surface area contributed by atoms with Crippen molar-refractivity contribution in [2.45, 2.75) is 33.7 Å². The second kappa shape index (κ2) is 3.48. The zero-order valence-electron chi connectivity index (χ0n) is 11.0. The smallest absolute Gasteiger partial charge is 0.178 e. The minimum atomic E-state index is 0.280. The predicted octanol–water partition coefficient (Wildman–Crippen LogP) is 5.07. The van der Waals surface area contributed by atoms with Crippen LogP contribution in [0.15, 0.2) is 22.7 Å². The normalized spacial score (nSPS) is 21.4. The van der Waals surface area contributed by atoms with Crippen molar-refractivity contribution in [3.05, 3.63) is 27.4 Å². The van der Waals surface area contributed by atoms with Crippen LogP contribution in [0.1, 0.15) is 33.7 Å². The van der Waals surface area contributed by atoms with Gasteiger partial charge in [-0.1, -0.05) is 43.6 Å². The number of H-pyrrole nitrogens is 1. The third-order valence-electron chi connectivity index (χ3n) is 4.88. The van der Waals surface area contributed by atoms with Crippen LogP contribution in [0.3, 0.4) is 0 Å². The summed E-state index contributed by atoms with van der Waals surface area (Å²) in [6, 6.07) is 6.72. The maximum atomic E-state index is 5.51. The van der Waals surface area contributed by atoms with Gasteiger partial charge in [0.15, 0.2) is 4.77 Å². The number of benzene rings is 1. The van der Waals surface area contributed by atoms with E-state index in [9.17, 15) is 0 Å². The Morgan fingerprint density at radius 1 is 1.22 bits per heavy atom. The molecule has 1 aliphatic rings. The lowest BCUT2D eigenvalue weighted by Crippen LogP contribution is -2.00. The van der Waals surface area contributed by atoms with Crippen LogP contribution in [0.2, 0.25) is 0 Å². The van der Waals surface area contributed by atoms with Crippen molar-refractivity contribution in [3.63, 3.8) is 0 Å². The Labute approximate surface area is 121 Å². The average molecular weight is 325 g/mol. The molecule has 4 heteroatoms. The van der Waals surface area contributed by atoms with Crippen molar-refractivity contribution in [1.82, 2.24) is 9.55 Å². The monoisotopic (exact) mass is 324 g/mol. The fourth-order valence-corrected chi connectivity index (χ4v) is 3.82. The number of rotatable bonds is 1. The number of nitrogens with zero attached hydrogens (tertiary/aromatic N) is 1. The summed E-state index contributed by atoms with van der Waals surface area (Å²) < 4.78 is 4.20. The molecule has 0 bridgehead atoms. The summed E-state index contributed by atoms with van der Waals surface area (Å²) in [4.78, 5) is 3.31. The SMILES string of the molecule is CC1(C)C(n2c(=S)[nH]c3ccc(Br)cc32)C1(C)C. The van der Waals surface area contributed by atoms with E-state index in [4.69, 9.17) is 12.2 Å². The van der Waals surface area contributed by atoms with E-state index in [-0.39, 0.29) is 10.8 Å². The third kappa shape index (κ3) is 1.42. The van der Waals surface area contributed by atoms with Gasteiger partial charge in [-0.2, -0.15) is 0 Å². The Morgan fingerprint density at radius 3 is 2.39 bits per heavy atom. The molecule has 0 radical (unpaired) electrons. The Balaban J connectivity index is 2.28. The topological polar surface area (TPSA) is 20.7 Å². The molecule has 3 rings (SSSR count). The number of fused-ring (bicyclic) bond motifs is 1. The number of aromatic amines is 1. The summed E-state index contributed by atoms with van der Waals surface area (Å²) in [5.41, 5.74) is 2.87. The van der Waals surface area contributed by atoms with E-state index in [0.717, 1.165) is 14.8 Å². The quantitative estimate of drug-likeness (QED) is 0.726. The Kier molecular flexibility index (Phi) is 2.40. The van der Waals surface area contributed by atoms with Gasteiger partial charge in [0.05, 0.1) is 11.0 Å². The van der Waals surface area contributed by atoms with E-state index >= 15 is 0 Å². The molecule has 1 aromatic heterocycles. The molecule has 0 amide bonds. The van der Waals surface area contributed by atoms with Crippen molar-refractivity contribution in [3.8, 4) is 0 Å². The van der Waals surface area contributed by atoms with Crippen LogP contribution < -0.4 is 0 Å². The van der Waals surface area contributed by atoms with Gasteiger partial charge < -0.3 is 9.55 Å². The lowest BCUT2D eigenvalue weighted by Gasteiger charge is -2.06. The van der Waals surface area contributed by atoms with Gasteiger partial charge in [-0.3, -0.25) is 0 Å². The van der Waals surface area contributed by atoms with Gasteiger partial charge in [0.25, 0.3) is 0 Å². The van der Waals surface area contributed by atoms with Gasteiger partial charge in [-0.05, 0) is 41.2 Å². The summed E-state index contributed by atoms with van der Waals surface area (Å²) >= 11 is 9.05. The average Bonchev–Trinajstić information content (AvgIpc) is 2.53. The molecule has 1 N–H and O–H groups in total. The largest absolute Gasteiger partial charge is 0.331 e. The summed E-state index contributed by atoms with van der Waals surface area (Å²) in [7, 11) is 0. The van der Waals surface area contributed by atoms with E-state index in [1.807, 2.05) is 6.07 Å². The highest BCUT2D eigenvalue weighted by atomic mass is 79.9. The first-order valence-electron chi connectivity index (χ1n) is 6.16.